The maximum Gasteiger partial charge on any atom is 0.255 e. The van der Waals surface area contributed by atoms with Crippen LogP contribution in [0.4, 0.5) is 0 Å². The highest BCUT2D eigenvalue weighted by molar-refractivity contribution is 7.80. The van der Waals surface area contributed by atoms with Gasteiger partial charge in [0.2, 0.25) is 0 Å². The zero-order valence-electron chi connectivity index (χ0n) is 10.2. The lowest BCUT2D eigenvalue weighted by Gasteiger charge is -2.25. The van der Waals surface area contributed by atoms with E-state index in [1.165, 1.54) is 23.1 Å². The number of carbonyl (C=O) groups is 1. The molecule has 0 bridgehead atoms. The second-order valence-corrected chi connectivity index (χ2v) is 5.03. The monoisotopic (exact) mass is 286 g/mol. The molecular weight excluding hydrogens is 272 g/mol. The molecule has 0 fully saturated rings. The summed E-state index contributed by atoms with van der Waals surface area (Å²) in [7, 11) is 1.64. The summed E-state index contributed by atoms with van der Waals surface area (Å²) in [5.41, 5.74) is 5.71. The number of carbonyl (C=O) groups excluding carboxylic acids is 1. The van der Waals surface area contributed by atoms with Gasteiger partial charge in [-0.1, -0.05) is 23.8 Å². The molecule has 0 aliphatic rings. The van der Waals surface area contributed by atoms with Crippen LogP contribution >= 0.6 is 23.8 Å². The van der Waals surface area contributed by atoms with Crippen molar-refractivity contribution in [3.05, 3.63) is 28.8 Å². The SMILES string of the molecule is CC(CC(N)=S)N(C)C(=O)c1cc(O)ccc1Cl. The Balaban J connectivity index is 2.92. The zero-order valence-corrected chi connectivity index (χ0v) is 11.8. The fourth-order valence-corrected chi connectivity index (χ4v) is 1.93. The van der Waals surface area contributed by atoms with Crippen molar-refractivity contribution in [1.29, 1.82) is 0 Å². The molecule has 1 amide bonds. The van der Waals surface area contributed by atoms with Crippen molar-refractivity contribution in [1.82, 2.24) is 4.90 Å². The van der Waals surface area contributed by atoms with E-state index in [1.807, 2.05) is 6.92 Å². The molecule has 0 saturated carbocycles. The highest BCUT2D eigenvalue weighted by Crippen LogP contribution is 2.23. The molecule has 1 atom stereocenters. The van der Waals surface area contributed by atoms with Gasteiger partial charge in [0, 0.05) is 19.5 Å². The molecule has 4 nitrogen and oxygen atoms in total. The van der Waals surface area contributed by atoms with Gasteiger partial charge >= 0.3 is 0 Å². The number of hydrogen-bond acceptors (Lipinski definition) is 3. The molecule has 3 N–H and O–H groups in total. The summed E-state index contributed by atoms with van der Waals surface area (Å²) in [5, 5.41) is 9.68. The van der Waals surface area contributed by atoms with Gasteiger partial charge in [-0.25, -0.2) is 0 Å². The van der Waals surface area contributed by atoms with Crippen molar-refractivity contribution in [2.75, 3.05) is 7.05 Å². The van der Waals surface area contributed by atoms with Crippen LogP contribution in [0.3, 0.4) is 0 Å². The minimum absolute atomic E-state index is 0.00171. The summed E-state index contributed by atoms with van der Waals surface area (Å²) in [6.07, 6.45) is 0.439. The van der Waals surface area contributed by atoms with E-state index in [0.717, 1.165) is 0 Å². The predicted molar refractivity (Wildman–Crippen MR) is 76.1 cm³/mol. The Morgan fingerprint density at radius 1 is 1.61 bits per heavy atom. The third-order valence-electron chi connectivity index (χ3n) is 2.66. The normalized spacial score (nSPS) is 11.9. The molecule has 18 heavy (non-hydrogen) atoms. The van der Waals surface area contributed by atoms with Crippen LogP contribution in [0, 0.1) is 0 Å². The van der Waals surface area contributed by atoms with Gasteiger partial charge in [-0.3, -0.25) is 4.79 Å². The Bertz CT molecular complexity index is 479. The largest absolute Gasteiger partial charge is 0.508 e. The summed E-state index contributed by atoms with van der Waals surface area (Å²) in [6, 6.07) is 4.12. The minimum atomic E-state index is -0.278. The maximum atomic E-state index is 12.2. The lowest BCUT2D eigenvalue weighted by atomic mass is 10.1. The van der Waals surface area contributed by atoms with Crippen LogP contribution in [0.5, 0.6) is 5.75 Å². The van der Waals surface area contributed by atoms with Crippen molar-refractivity contribution in [3.63, 3.8) is 0 Å². The summed E-state index contributed by atoms with van der Waals surface area (Å²) in [6.45, 7) is 1.84. The molecule has 0 aromatic heterocycles. The number of rotatable bonds is 4. The van der Waals surface area contributed by atoms with Crippen molar-refractivity contribution < 1.29 is 9.90 Å². The van der Waals surface area contributed by atoms with Gasteiger partial charge in [-0.2, -0.15) is 0 Å². The number of halogens is 1. The first kappa shape index (κ1) is 14.7. The maximum absolute atomic E-state index is 12.2. The molecule has 0 aliphatic carbocycles. The van der Waals surface area contributed by atoms with E-state index < -0.39 is 0 Å². The molecule has 0 aliphatic heterocycles. The van der Waals surface area contributed by atoms with E-state index in [0.29, 0.717) is 16.4 Å². The first-order chi connectivity index (χ1) is 8.32. The second-order valence-electron chi connectivity index (χ2n) is 4.10. The first-order valence-electron chi connectivity index (χ1n) is 5.37. The number of phenolic OH excluding ortho intramolecular Hbond substituents is 1. The Morgan fingerprint density at radius 3 is 2.78 bits per heavy atom. The van der Waals surface area contributed by atoms with Gasteiger partial charge in [0.25, 0.3) is 5.91 Å². The summed E-state index contributed by atoms with van der Waals surface area (Å²) in [5.74, 6) is -0.280. The van der Waals surface area contributed by atoms with Gasteiger partial charge in [0.15, 0.2) is 0 Å². The van der Waals surface area contributed by atoms with Crippen LogP contribution in [0.2, 0.25) is 5.02 Å². The van der Waals surface area contributed by atoms with Crippen LogP contribution in [-0.4, -0.2) is 34.0 Å². The molecule has 6 heteroatoms. The summed E-state index contributed by atoms with van der Waals surface area (Å²) < 4.78 is 0. The van der Waals surface area contributed by atoms with Crippen LogP contribution < -0.4 is 5.73 Å². The molecule has 0 radical (unpaired) electrons. The average molecular weight is 287 g/mol. The Labute approximate surface area is 116 Å². The highest BCUT2D eigenvalue weighted by atomic mass is 35.5. The fraction of sp³-hybridized carbons (Fsp3) is 0.333. The molecule has 0 spiro atoms. The van der Waals surface area contributed by atoms with E-state index in [-0.39, 0.29) is 23.3 Å². The quantitative estimate of drug-likeness (QED) is 0.833. The topological polar surface area (TPSA) is 66.6 Å². The van der Waals surface area contributed by atoms with Crippen LogP contribution in [0.1, 0.15) is 23.7 Å². The number of aromatic hydroxyl groups is 1. The fourth-order valence-electron chi connectivity index (χ4n) is 1.50. The van der Waals surface area contributed by atoms with Gasteiger partial charge in [-0.05, 0) is 25.1 Å². The standard InChI is InChI=1S/C12H15ClN2O2S/c1-7(5-11(14)18)15(2)12(17)9-6-8(16)3-4-10(9)13/h3-4,6-7,16H,5H2,1-2H3,(H2,14,18). The van der Waals surface area contributed by atoms with Gasteiger partial charge < -0.3 is 15.7 Å². The molecular formula is C12H15ClN2O2S. The number of benzene rings is 1. The van der Waals surface area contributed by atoms with Crippen molar-refractivity contribution >= 4 is 34.7 Å². The number of nitrogens with zero attached hydrogens (tertiary/aromatic N) is 1. The van der Waals surface area contributed by atoms with E-state index in [9.17, 15) is 9.90 Å². The van der Waals surface area contributed by atoms with Crippen LogP contribution in [0.15, 0.2) is 18.2 Å². The van der Waals surface area contributed by atoms with Gasteiger partial charge in [-0.15, -0.1) is 0 Å². The minimum Gasteiger partial charge on any atom is -0.508 e. The average Bonchev–Trinajstić information content (AvgIpc) is 2.29. The Morgan fingerprint density at radius 2 is 2.22 bits per heavy atom. The second kappa shape index (κ2) is 6.02. The Kier molecular flexibility index (Phi) is 4.93. The van der Waals surface area contributed by atoms with Crippen molar-refractivity contribution in [2.24, 2.45) is 5.73 Å². The third kappa shape index (κ3) is 3.58. The predicted octanol–water partition coefficient (Wildman–Crippen LogP) is 2.18. The Hall–Kier alpha value is -1.33. The molecule has 1 aromatic carbocycles. The lowest BCUT2D eigenvalue weighted by molar-refractivity contribution is 0.0748. The lowest BCUT2D eigenvalue weighted by Crippen LogP contribution is -2.37. The summed E-state index contributed by atoms with van der Waals surface area (Å²) in [4.78, 5) is 14.0. The molecule has 1 rings (SSSR count). The summed E-state index contributed by atoms with van der Waals surface area (Å²) >= 11 is 10.8. The number of nitrogens with two attached hydrogens (primary N) is 1. The van der Waals surface area contributed by atoms with Crippen molar-refractivity contribution in [3.8, 4) is 5.75 Å². The zero-order chi connectivity index (χ0) is 13.9. The van der Waals surface area contributed by atoms with E-state index in [1.54, 1.807) is 7.05 Å². The molecule has 1 unspecified atom stereocenters. The van der Waals surface area contributed by atoms with Crippen LogP contribution in [-0.2, 0) is 0 Å². The molecule has 1 aromatic rings. The smallest absolute Gasteiger partial charge is 0.255 e. The molecule has 0 heterocycles. The van der Waals surface area contributed by atoms with Gasteiger partial charge in [0.1, 0.15) is 5.75 Å². The number of hydrogen-bond donors (Lipinski definition) is 2. The van der Waals surface area contributed by atoms with Crippen LogP contribution in [0.25, 0.3) is 0 Å². The van der Waals surface area contributed by atoms with E-state index in [2.05, 4.69) is 0 Å². The third-order valence-corrected chi connectivity index (χ3v) is 3.15. The number of phenols is 1. The van der Waals surface area contributed by atoms with Crippen molar-refractivity contribution in [2.45, 2.75) is 19.4 Å². The van der Waals surface area contributed by atoms with Gasteiger partial charge in [0.05, 0.1) is 15.6 Å². The van der Waals surface area contributed by atoms with E-state index in [4.69, 9.17) is 29.6 Å². The first-order valence-corrected chi connectivity index (χ1v) is 6.15. The molecule has 0 saturated heterocycles. The number of amides is 1. The highest BCUT2D eigenvalue weighted by Gasteiger charge is 2.20. The number of thiocarbonyl (C=S) groups is 1. The van der Waals surface area contributed by atoms with E-state index >= 15 is 0 Å². The molecule has 98 valence electrons.